The standard InChI is InChI=1S/C14H10BrN3O4S/c15-11-8-9(18(20)21)3-5-12(11)16-14(23)17-13(19)6-4-10-2-1-7-22-10/h1-8H,(H2,16,17,19,23)/b6-4+. The van der Waals surface area contributed by atoms with Gasteiger partial charge in [0.05, 0.1) is 16.9 Å². The van der Waals surface area contributed by atoms with E-state index >= 15 is 0 Å². The van der Waals surface area contributed by atoms with Crippen LogP contribution in [-0.4, -0.2) is 15.9 Å². The number of nitrogens with one attached hydrogen (secondary N) is 2. The number of amides is 1. The lowest BCUT2D eigenvalue weighted by Crippen LogP contribution is -2.32. The number of nitro groups is 1. The topological polar surface area (TPSA) is 97.4 Å². The van der Waals surface area contributed by atoms with Crippen LogP contribution in [0.4, 0.5) is 11.4 Å². The maximum atomic E-state index is 11.7. The Bertz CT molecular complexity index is 774. The molecule has 0 fully saturated rings. The number of carbonyl (C=O) groups excluding carboxylic acids is 1. The average Bonchev–Trinajstić information content (AvgIpc) is 3.00. The first kappa shape index (κ1) is 16.8. The Hall–Kier alpha value is -2.52. The summed E-state index contributed by atoms with van der Waals surface area (Å²) < 4.78 is 5.51. The Morgan fingerprint density at radius 1 is 1.39 bits per heavy atom. The van der Waals surface area contributed by atoms with Crippen LogP contribution >= 0.6 is 28.1 Å². The van der Waals surface area contributed by atoms with Gasteiger partial charge in [-0.25, -0.2) is 0 Å². The predicted molar refractivity (Wildman–Crippen MR) is 92.9 cm³/mol. The van der Waals surface area contributed by atoms with Crippen molar-refractivity contribution in [2.45, 2.75) is 0 Å². The SMILES string of the molecule is O=C(/C=C/c1ccco1)NC(=S)Nc1ccc([N+](=O)[O-])cc1Br. The maximum Gasteiger partial charge on any atom is 0.270 e. The molecule has 118 valence electrons. The molecule has 0 saturated heterocycles. The van der Waals surface area contributed by atoms with E-state index in [1.807, 2.05) is 0 Å². The Morgan fingerprint density at radius 3 is 2.78 bits per heavy atom. The second-order valence-electron chi connectivity index (χ2n) is 4.21. The van der Waals surface area contributed by atoms with Crippen LogP contribution in [0.1, 0.15) is 5.76 Å². The van der Waals surface area contributed by atoms with E-state index < -0.39 is 10.8 Å². The van der Waals surface area contributed by atoms with Gasteiger partial charge in [-0.15, -0.1) is 0 Å². The molecule has 0 radical (unpaired) electrons. The molecule has 0 unspecified atom stereocenters. The second-order valence-corrected chi connectivity index (χ2v) is 5.48. The molecule has 0 atom stereocenters. The van der Waals surface area contributed by atoms with E-state index in [0.717, 1.165) is 0 Å². The van der Waals surface area contributed by atoms with Crippen LogP contribution in [0.2, 0.25) is 0 Å². The van der Waals surface area contributed by atoms with Crippen molar-refractivity contribution in [3.05, 3.63) is 63.0 Å². The van der Waals surface area contributed by atoms with E-state index in [1.165, 1.54) is 36.6 Å². The number of non-ortho nitro benzene ring substituents is 1. The molecule has 0 aliphatic carbocycles. The van der Waals surface area contributed by atoms with Gasteiger partial charge in [-0.05, 0) is 52.4 Å². The van der Waals surface area contributed by atoms with E-state index in [0.29, 0.717) is 15.9 Å². The lowest BCUT2D eigenvalue weighted by Gasteiger charge is -2.09. The fraction of sp³-hybridized carbons (Fsp3) is 0. The Balaban J connectivity index is 1.94. The van der Waals surface area contributed by atoms with Gasteiger partial charge in [-0.1, -0.05) is 0 Å². The van der Waals surface area contributed by atoms with Crippen molar-refractivity contribution in [3.63, 3.8) is 0 Å². The van der Waals surface area contributed by atoms with Crippen LogP contribution in [0.5, 0.6) is 0 Å². The van der Waals surface area contributed by atoms with Crippen molar-refractivity contribution in [2.75, 3.05) is 5.32 Å². The van der Waals surface area contributed by atoms with Crippen molar-refractivity contribution >= 4 is 56.6 Å². The molecule has 9 heteroatoms. The van der Waals surface area contributed by atoms with Gasteiger partial charge in [-0.2, -0.15) is 0 Å². The summed E-state index contributed by atoms with van der Waals surface area (Å²) in [7, 11) is 0. The van der Waals surface area contributed by atoms with Gasteiger partial charge in [0.2, 0.25) is 5.91 Å². The molecular formula is C14H10BrN3O4S. The minimum absolute atomic E-state index is 0.0567. The Kier molecular flexibility index (Phi) is 5.61. The highest BCUT2D eigenvalue weighted by atomic mass is 79.9. The van der Waals surface area contributed by atoms with Crippen LogP contribution in [0.15, 0.2) is 51.6 Å². The smallest absolute Gasteiger partial charge is 0.270 e. The van der Waals surface area contributed by atoms with Gasteiger partial charge in [0.25, 0.3) is 5.69 Å². The second kappa shape index (κ2) is 7.65. The van der Waals surface area contributed by atoms with Crippen molar-refractivity contribution in [1.29, 1.82) is 0 Å². The largest absolute Gasteiger partial charge is 0.465 e. The fourth-order valence-corrected chi connectivity index (χ4v) is 2.25. The maximum absolute atomic E-state index is 11.7. The molecular weight excluding hydrogens is 386 g/mol. The van der Waals surface area contributed by atoms with Crippen molar-refractivity contribution < 1.29 is 14.1 Å². The highest BCUT2D eigenvalue weighted by Gasteiger charge is 2.10. The number of rotatable bonds is 4. The molecule has 1 aromatic heterocycles. The first-order valence-corrected chi connectivity index (χ1v) is 7.43. The molecule has 23 heavy (non-hydrogen) atoms. The third kappa shape index (κ3) is 5.01. The molecule has 1 amide bonds. The summed E-state index contributed by atoms with van der Waals surface area (Å²) in [6.45, 7) is 0. The van der Waals surface area contributed by atoms with E-state index in [9.17, 15) is 14.9 Å². The zero-order chi connectivity index (χ0) is 16.8. The fourth-order valence-electron chi connectivity index (χ4n) is 1.57. The third-order valence-electron chi connectivity index (χ3n) is 2.59. The molecule has 2 N–H and O–H groups in total. The number of hydrogen-bond donors (Lipinski definition) is 2. The van der Waals surface area contributed by atoms with E-state index in [-0.39, 0.29) is 10.8 Å². The van der Waals surface area contributed by atoms with Gasteiger partial charge < -0.3 is 9.73 Å². The first-order valence-electron chi connectivity index (χ1n) is 6.23. The number of furan rings is 1. The summed E-state index contributed by atoms with van der Waals surface area (Å²) in [5.74, 6) is 0.106. The molecule has 1 heterocycles. The molecule has 0 spiro atoms. The summed E-state index contributed by atoms with van der Waals surface area (Å²) >= 11 is 8.22. The first-order chi connectivity index (χ1) is 11.0. The van der Waals surface area contributed by atoms with Crippen LogP contribution < -0.4 is 10.6 Å². The summed E-state index contributed by atoms with van der Waals surface area (Å²) in [5, 5.41) is 16.0. The van der Waals surface area contributed by atoms with Crippen molar-refractivity contribution in [2.24, 2.45) is 0 Å². The predicted octanol–water partition coefficient (Wildman–Crippen LogP) is 3.48. The quantitative estimate of drug-likeness (QED) is 0.356. The van der Waals surface area contributed by atoms with Crippen LogP contribution in [0.3, 0.4) is 0 Å². The number of carbonyl (C=O) groups is 1. The van der Waals surface area contributed by atoms with Gasteiger partial charge in [0.15, 0.2) is 5.11 Å². The molecule has 2 aromatic rings. The third-order valence-corrected chi connectivity index (χ3v) is 3.45. The van der Waals surface area contributed by atoms with Crippen LogP contribution in [0.25, 0.3) is 6.08 Å². The van der Waals surface area contributed by atoms with Crippen molar-refractivity contribution in [1.82, 2.24) is 5.32 Å². The van der Waals surface area contributed by atoms with Crippen molar-refractivity contribution in [3.8, 4) is 0 Å². The van der Waals surface area contributed by atoms with E-state index in [4.69, 9.17) is 16.6 Å². The highest BCUT2D eigenvalue weighted by molar-refractivity contribution is 9.10. The number of nitrogens with zero attached hydrogens (tertiary/aromatic N) is 1. The molecule has 0 aliphatic rings. The monoisotopic (exact) mass is 395 g/mol. The van der Waals surface area contributed by atoms with Gasteiger partial charge >= 0.3 is 0 Å². The van der Waals surface area contributed by atoms with Crippen LogP contribution in [-0.2, 0) is 4.79 Å². The minimum atomic E-state index is -0.506. The zero-order valence-corrected chi connectivity index (χ0v) is 13.9. The minimum Gasteiger partial charge on any atom is -0.465 e. The molecule has 0 saturated carbocycles. The molecule has 0 aliphatic heterocycles. The number of thiocarbonyl (C=S) groups is 1. The number of benzene rings is 1. The number of hydrogen-bond acceptors (Lipinski definition) is 5. The molecule has 0 bridgehead atoms. The van der Waals surface area contributed by atoms with Crippen LogP contribution in [0, 0.1) is 10.1 Å². The lowest BCUT2D eigenvalue weighted by atomic mass is 10.3. The number of nitro benzene ring substituents is 1. The molecule has 1 aromatic carbocycles. The Morgan fingerprint density at radius 2 is 2.17 bits per heavy atom. The van der Waals surface area contributed by atoms with E-state index in [2.05, 4.69) is 26.6 Å². The summed E-state index contributed by atoms with van der Waals surface area (Å²) in [6.07, 6.45) is 4.27. The zero-order valence-electron chi connectivity index (χ0n) is 11.5. The summed E-state index contributed by atoms with van der Waals surface area (Å²) in [6, 6.07) is 7.56. The van der Waals surface area contributed by atoms with E-state index in [1.54, 1.807) is 12.1 Å². The summed E-state index contributed by atoms with van der Waals surface area (Å²) in [4.78, 5) is 21.9. The average molecular weight is 396 g/mol. The molecule has 7 nitrogen and oxygen atoms in total. The lowest BCUT2D eigenvalue weighted by molar-refractivity contribution is -0.384. The normalized spacial score (nSPS) is 10.5. The van der Waals surface area contributed by atoms with Gasteiger partial charge in [0.1, 0.15) is 5.76 Å². The van der Waals surface area contributed by atoms with Gasteiger partial charge in [0, 0.05) is 22.7 Å². The number of anilines is 1. The Labute approximate surface area is 144 Å². The highest BCUT2D eigenvalue weighted by Crippen LogP contribution is 2.26. The molecule has 2 rings (SSSR count). The number of halogens is 1. The van der Waals surface area contributed by atoms with Gasteiger partial charge in [-0.3, -0.25) is 20.2 Å². The summed E-state index contributed by atoms with van der Waals surface area (Å²) in [5.41, 5.74) is 0.440.